The number of alkyl halides is 8. The minimum atomic E-state index is -5.52. The smallest absolute Gasteiger partial charge is 0.404 e. The van der Waals surface area contributed by atoms with Crippen LogP contribution in [0.15, 0.2) is 54.6 Å². The molecule has 0 unspecified atom stereocenters. The molecule has 3 aromatic heterocycles. The molecule has 2 aliphatic rings. The number of nitrogens with one attached hydrogen (secondary N) is 2. The van der Waals surface area contributed by atoms with Gasteiger partial charge in [-0.3, -0.25) is 33.5 Å². The molecule has 8 rings (SSSR count). The van der Waals surface area contributed by atoms with Crippen molar-refractivity contribution in [3.8, 4) is 28.7 Å². The molecule has 486 valence electrons. The standard InChI is InChI=1S/C55H55ClF10N8O12P2S2/c1-27-16-29(50(77)67-26-87(6,7)78)20-39(86-88(79,80)81)44(27)51(2,3)23-41(76)74(90(9,84)85)49-43-37(56)13-12-34(46(43)73(71-49)25-53(59,60)61)33-11-10-32(14-15-52(4,5)89(8,82)83)68-45(33)38(19-28-17-30(57)21-31(58)18-28)69-40(75)24-72-48-42(47(70-72)55(64,65)66)35-22-36(35)54(48,62)63/h10-13,16-18,20-21,35-36,38H,19,22-26H2,1-9H3,(H,67,77)(H,69,75)(H2,79,80,81)/t35-,36+,38-/m0/s1. The summed E-state index contributed by atoms with van der Waals surface area (Å²) in [4.78, 5) is 67.1. The van der Waals surface area contributed by atoms with Crippen LogP contribution in [-0.2, 0) is 75.6 Å². The number of phosphoric ester groups is 1. The minimum Gasteiger partial charge on any atom is -0.404 e. The molecule has 20 nitrogen and oxygen atoms in total. The summed E-state index contributed by atoms with van der Waals surface area (Å²) in [6.45, 7) is 5.61. The zero-order chi connectivity index (χ0) is 67.4. The zero-order valence-electron chi connectivity index (χ0n) is 48.7. The van der Waals surface area contributed by atoms with Gasteiger partial charge in [0.05, 0.1) is 40.2 Å². The van der Waals surface area contributed by atoms with Gasteiger partial charge >= 0.3 is 20.2 Å². The molecule has 3 atom stereocenters. The molecule has 0 saturated heterocycles. The van der Waals surface area contributed by atoms with E-state index in [1.165, 1.54) is 54.0 Å². The van der Waals surface area contributed by atoms with Crippen LogP contribution in [0, 0.1) is 36.3 Å². The Kier molecular flexibility index (Phi) is 18.2. The van der Waals surface area contributed by atoms with Crippen molar-refractivity contribution in [2.75, 3.05) is 36.4 Å². The topological polar surface area (TPSA) is 279 Å². The molecule has 3 amide bonds. The fraction of sp³-hybridized carbons (Fsp3) is 0.418. The van der Waals surface area contributed by atoms with E-state index in [-0.39, 0.29) is 54.3 Å². The molecule has 3 aromatic carbocycles. The lowest BCUT2D eigenvalue weighted by atomic mass is 9.78. The molecular weight excluding hydrogens is 1320 g/mol. The molecule has 1 fully saturated rings. The number of anilines is 1. The Labute approximate surface area is 512 Å². The first-order valence-corrected chi connectivity index (χ1v) is 35.0. The quantitative estimate of drug-likeness (QED) is 0.0333. The summed E-state index contributed by atoms with van der Waals surface area (Å²) in [5, 5.41) is 11.0. The second-order valence-corrected chi connectivity index (χ2v) is 32.9. The molecule has 90 heavy (non-hydrogen) atoms. The second-order valence-electron chi connectivity index (χ2n) is 23.5. The third kappa shape index (κ3) is 14.9. The van der Waals surface area contributed by atoms with E-state index in [2.05, 4.69) is 37.7 Å². The Balaban J connectivity index is 1.33. The number of halogens is 11. The number of sulfone groups is 1. The summed E-state index contributed by atoms with van der Waals surface area (Å²) in [7, 11) is -17.4. The number of aromatic nitrogens is 5. The predicted octanol–water partition coefficient (Wildman–Crippen LogP) is 10.0. The number of pyridine rings is 1. The Morgan fingerprint density at radius 2 is 1.53 bits per heavy atom. The van der Waals surface area contributed by atoms with Crippen LogP contribution in [0.1, 0.15) is 108 Å². The molecule has 0 spiro atoms. The summed E-state index contributed by atoms with van der Waals surface area (Å²) in [6.07, 6.45) is -11.6. The summed E-state index contributed by atoms with van der Waals surface area (Å²) in [5.74, 6) is -9.50. The molecule has 35 heteroatoms. The van der Waals surface area contributed by atoms with Gasteiger partial charge in [-0.2, -0.15) is 49.6 Å². The van der Waals surface area contributed by atoms with Crippen LogP contribution in [-0.4, -0.2) is 112 Å². The van der Waals surface area contributed by atoms with Crippen LogP contribution >= 0.6 is 26.6 Å². The molecule has 0 radical (unpaired) electrons. The van der Waals surface area contributed by atoms with E-state index in [1.807, 2.05) is 0 Å². The lowest BCUT2D eigenvalue weighted by molar-refractivity contribution is -0.143. The van der Waals surface area contributed by atoms with E-state index in [1.54, 1.807) is 0 Å². The molecule has 2 aliphatic carbocycles. The number of fused-ring (bicyclic) bond motifs is 4. The molecule has 3 heterocycles. The average molecular weight is 1370 g/mol. The van der Waals surface area contributed by atoms with E-state index >= 15 is 17.6 Å². The van der Waals surface area contributed by atoms with Gasteiger partial charge in [0, 0.05) is 57.9 Å². The molecule has 4 N–H and O–H groups in total. The number of benzene rings is 3. The maximum atomic E-state index is 15.8. The Morgan fingerprint density at radius 1 is 0.911 bits per heavy atom. The number of carbonyl (C=O) groups excluding carboxylic acids is 3. The van der Waals surface area contributed by atoms with Gasteiger partial charge in [0.15, 0.2) is 21.3 Å². The minimum absolute atomic E-state index is 0.000190. The maximum Gasteiger partial charge on any atom is 0.524 e. The van der Waals surface area contributed by atoms with Crippen LogP contribution in [0.3, 0.4) is 0 Å². The number of aryl methyl sites for hydroxylation is 1. The van der Waals surface area contributed by atoms with E-state index in [0.717, 1.165) is 48.7 Å². The number of phosphoric acid groups is 1. The van der Waals surface area contributed by atoms with Crippen molar-refractivity contribution >= 4 is 80.9 Å². The summed E-state index contributed by atoms with van der Waals surface area (Å²) < 4.78 is 232. The predicted molar refractivity (Wildman–Crippen MR) is 308 cm³/mol. The second kappa shape index (κ2) is 23.7. The first kappa shape index (κ1) is 69.0. The molecular formula is C55H55ClF10N8O12P2S2. The van der Waals surface area contributed by atoms with Gasteiger partial charge in [0.1, 0.15) is 53.8 Å². The van der Waals surface area contributed by atoms with E-state index in [0.29, 0.717) is 12.3 Å². The van der Waals surface area contributed by atoms with Gasteiger partial charge in [-0.25, -0.2) is 35.2 Å². The first-order valence-electron chi connectivity index (χ1n) is 26.5. The highest BCUT2D eigenvalue weighted by Gasteiger charge is 2.68. The van der Waals surface area contributed by atoms with Crippen molar-refractivity contribution in [1.82, 2.24) is 35.2 Å². The van der Waals surface area contributed by atoms with E-state index in [9.17, 15) is 76.5 Å². The fourth-order valence-electron chi connectivity index (χ4n) is 10.7. The van der Waals surface area contributed by atoms with Gasteiger partial charge in [0.25, 0.3) is 11.8 Å². The molecule has 0 aliphatic heterocycles. The lowest BCUT2D eigenvalue weighted by Gasteiger charge is -2.31. The molecule has 0 bridgehead atoms. The highest BCUT2D eigenvalue weighted by atomic mass is 35.5. The van der Waals surface area contributed by atoms with Crippen molar-refractivity contribution in [2.45, 2.75) is 107 Å². The van der Waals surface area contributed by atoms with Crippen LogP contribution in [0.4, 0.5) is 49.7 Å². The van der Waals surface area contributed by atoms with Gasteiger partial charge in [-0.15, -0.1) is 0 Å². The van der Waals surface area contributed by atoms with E-state index < -0.39 is 198 Å². The number of sulfonamides is 1. The number of hydrogen-bond donors (Lipinski definition) is 4. The highest BCUT2D eigenvalue weighted by molar-refractivity contribution is 7.93. The van der Waals surface area contributed by atoms with Gasteiger partial charge in [0.2, 0.25) is 21.8 Å². The zero-order valence-corrected chi connectivity index (χ0v) is 52.9. The van der Waals surface area contributed by atoms with Crippen LogP contribution in [0.2, 0.25) is 5.02 Å². The average Bonchev–Trinajstić information content (AvgIpc) is 1.52. The lowest BCUT2D eigenvalue weighted by Crippen LogP contribution is -2.40. The number of nitrogens with zero attached hydrogens (tertiary/aromatic N) is 6. The SMILES string of the molecule is Cc1cc(C(=O)NCP(C)(C)=O)cc(OP(=O)(O)O)c1C(C)(C)CC(=O)N(c1nn(CC(F)(F)F)c2c(-c3ccc(C#CC(C)(C)S(C)(=O)=O)nc3[C@H](Cc3cc(F)cc(F)c3)NC(=O)Cn3nc(C(F)(F)F)c4c3C(F)(F)[C@@H]3C[C@H]43)ccc(Cl)c12)S(C)(=O)=O. The number of amides is 3. The van der Waals surface area contributed by atoms with Crippen LogP contribution in [0.5, 0.6) is 5.75 Å². The largest absolute Gasteiger partial charge is 0.524 e. The fourth-order valence-corrected chi connectivity index (χ4v) is 13.0. The highest BCUT2D eigenvalue weighted by Crippen LogP contribution is 2.68. The van der Waals surface area contributed by atoms with Crippen molar-refractivity contribution in [3.63, 3.8) is 0 Å². The first-order chi connectivity index (χ1) is 41.0. The van der Waals surface area contributed by atoms with Crippen molar-refractivity contribution < 1.29 is 98.6 Å². The monoisotopic (exact) mass is 1370 g/mol. The Bertz CT molecular complexity index is 4360. The number of rotatable bonds is 19. The maximum absolute atomic E-state index is 15.8. The normalized spacial score (nSPS) is 16.4. The van der Waals surface area contributed by atoms with Crippen LogP contribution < -0.4 is 19.5 Å². The Hall–Kier alpha value is -6.87. The van der Waals surface area contributed by atoms with Gasteiger partial charge in [-0.1, -0.05) is 37.4 Å². The number of hydrogen-bond acceptors (Lipinski definition) is 13. The summed E-state index contributed by atoms with van der Waals surface area (Å²) in [5.41, 5.74) is -8.76. The van der Waals surface area contributed by atoms with Crippen LogP contribution in [0.25, 0.3) is 22.0 Å². The summed E-state index contributed by atoms with van der Waals surface area (Å²) in [6, 6.07) is 6.48. The van der Waals surface area contributed by atoms with E-state index in [4.69, 9.17) is 16.1 Å². The van der Waals surface area contributed by atoms with Crippen molar-refractivity contribution in [1.29, 1.82) is 0 Å². The van der Waals surface area contributed by atoms with Gasteiger partial charge < -0.3 is 19.7 Å². The molecule has 6 aromatic rings. The third-order valence-electron chi connectivity index (χ3n) is 14.7. The summed E-state index contributed by atoms with van der Waals surface area (Å²) >= 11 is 6.81. The van der Waals surface area contributed by atoms with Crippen molar-refractivity contribution in [2.24, 2.45) is 5.92 Å². The molecule has 1 saturated carbocycles. The van der Waals surface area contributed by atoms with Gasteiger partial charge in [-0.05, 0) is 112 Å². The van der Waals surface area contributed by atoms with Crippen molar-refractivity contribution in [3.05, 3.63) is 122 Å². The number of carbonyl (C=O) groups is 3. The third-order valence-corrected chi connectivity index (χ3v) is 19.4. The Morgan fingerprint density at radius 3 is 2.10 bits per heavy atom.